The van der Waals surface area contributed by atoms with Crippen LogP contribution in [-0.2, 0) is 0 Å². The predicted octanol–water partition coefficient (Wildman–Crippen LogP) is 2.69. The normalized spacial score (nSPS) is 8.61. The van der Waals surface area contributed by atoms with Gasteiger partial charge < -0.3 is 9.47 Å². The molecule has 0 atom stereocenters. The zero-order valence-corrected chi connectivity index (χ0v) is 10.0. The highest BCUT2D eigenvalue weighted by atomic mass is 16.5. The highest BCUT2D eigenvalue weighted by Crippen LogP contribution is 2.28. The zero-order valence-electron chi connectivity index (χ0n) is 10.0. The summed E-state index contributed by atoms with van der Waals surface area (Å²) in [5.41, 5.74) is 0.739. The highest BCUT2D eigenvalue weighted by Gasteiger charge is 2.05. The van der Waals surface area contributed by atoms with Crippen LogP contribution in [0.5, 0.6) is 11.5 Å². The van der Waals surface area contributed by atoms with Crippen LogP contribution in [0.3, 0.4) is 0 Å². The van der Waals surface area contributed by atoms with Gasteiger partial charge in [-0.25, -0.2) is 0 Å². The molecular weight excluding hydrogens is 228 g/mol. The van der Waals surface area contributed by atoms with Crippen LogP contribution in [0.25, 0.3) is 6.08 Å². The van der Waals surface area contributed by atoms with Crippen molar-refractivity contribution in [1.29, 1.82) is 10.5 Å². The van der Waals surface area contributed by atoms with Crippen molar-refractivity contribution in [2.75, 3.05) is 13.7 Å². The van der Waals surface area contributed by atoms with Crippen LogP contribution in [0, 0.1) is 22.7 Å². The van der Waals surface area contributed by atoms with E-state index in [9.17, 15) is 0 Å². The number of methoxy groups -OCH3 is 1. The smallest absolute Gasteiger partial charge is 0.162 e. The Labute approximate surface area is 106 Å². The average molecular weight is 240 g/mol. The van der Waals surface area contributed by atoms with E-state index >= 15 is 0 Å². The van der Waals surface area contributed by atoms with Crippen LogP contribution >= 0.6 is 0 Å². The molecule has 18 heavy (non-hydrogen) atoms. The van der Waals surface area contributed by atoms with Crippen molar-refractivity contribution >= 4 is 6.08 Å². The third-order valence-corrected chi connectivity index (χ3v) is 2.10. The molecule has 0 radical (unpaired) electrons. The number of nitrogens with zero attached hydrogens (tertiary/aromatic N) is 2. The van der Waals surface area contributed by atoms with Gasteiger partial charge in [-0.3, -0.25) is 0 Å². The van der Waals surface area contributed by atoms with E-state index < -0.39 is 0 Å². The Hall–Kier alpha value is -2.72. The lowest BCUT2D eigenvalue weighted by Crippen LogP contribution is -1.96. The summed E-state index contributed by atoms with van der Waals surface area (Å²) in [6, 6.07) is 8.77. The van der Waals surface area contributed by atoms with Crippen LogP contribution in [-0.4, -0.2) is 13.7 Å². The summed E-state index contributed by atoms with van der Waals surface area (Å²) in [5, 5.41) is 17.4. The van der Waals surface area contributed by atoms with E-state index in [1.165, 1.54) is 6.08 Å². The van der Waals surface area contributed by atoms with Gasteiger partial charge >= 0.3 is 0 Å². The van der Waals surface area contributed by atoms with Crippen molar-refractivity contribution in [3.63, 3.8) is 0 Å². The fourth-order valence-corrected chi connectivity index (χ4v) is 1.30. The second-order valence-electron chi connectivity index (χ2n) is 3.29. The van der Waals surface area contributed by atoms with E-state index in [0.717, 1.165) is 0 Å². The molecule has 0 aliphatic rings. The molecule has 1 aromatic rings. The van der Waals surface area contributed by atoms with Crippen molar-refractivity contribution in [2.24, 2.45) is 0 Å². The maximum atomic E-state index is 8.69. The molecule has 0 spiro atoms. The third-order valence-electron chi connectivity index (χ3n) is 2.10. The van der Waals surface area contributed by atoms with Gasteiger partial charge in [-0.2, -0.15) is 10.5 Å². The van der Waals surface area contributed by atoms with Gasteiger partial charge in [0, 0.05) is 0 Å². The topological polar surface area (TPSA) is 66.0 Å². The van der Waals surface area contributed by atoms with Crippen molar-refractivity contribution in [1.82, 2.24) is 0 Å². The molecule has 90 valence electrons. The number of ether oxygens (including phenoxy) is 2. The second kappa shape index (κ2) is 6.78. The first-order valence-corrected chi connectivity index (χ1v) is 5.18. The summed E-state index contributed by atoms with van der Waals surface area (Å²) < 4.78 is 10.6. The minimum Gasteiger partial charge on any atom is -0.493 e. The van der Waals surface area contributed by atoms with Gasteiger partial charge in [-0.1, -0.05) is 18.7 Å². The van der Waals surface area contributed by atoms with Gasteiger partial charge in [0.1, 0.15) is 24.3 Å². The van der Waals surface area contributed by atoms with Crippen molar-refractivity contribution < 1.29 is 9.47 Å². The molecule has 0 saturated carbocycles. The standard InChI is InChI=1S/C14H12N2O2/c1-3-6-18-14-8-11(4-5-13(14)17-2)7-12(9-15)10-16/h3-5,7-8H,1,6H2,2H3. The molecule has 0 N–H and O–H groups in total. The summed E-state index contributed by atoms with van der Waals surface area (Å²) >= 11 is 0. The van der Waals surface area contributed by atoms with E-state index in [0.29, 0.717) is 23.7 Å². The maximum Gasteiger partial charge on any atom is 0.162 e. The Morgan fingerprint density at radius 2 is 2.06 bits per heavy atom. The Kier molecular flexibility index (Phi) is 5.02. The van der Waals surface area contributed by atoms with Crippen LogP contribution in [0.4, 0.5) is 0 Å². The van der Waals surface area contributed by atoms with E-state index in [2.05, 4.69) is 6.58 Å². The van der Waals surface area contributed by atoms with Gasteiger partial charge in [-0.15, -0.1) is 0 Å². The number of nitriles is 2. The summed E-state index contributed by atoms with van der Waals surface area (Å²) in [6.45, 7) is 3.92. The summed E-state index contributed by atoms with van der Waals surface area (Å²) in [6.07, 6.45) is 3.11. The molecule has 4 heteroatoms. The largest absolute Gasteiger partial charge is 0.493 e. The SMILES string of the molecule is C=CCOc1cc(C=C(C#N)C#N)ccc1OC. The number of hydrogen-bond donors (Lipinski definition) is 0. The average Bonchev–Trinajstić information content (AvgIpc) is 2.42. The van der Waals surface area contributed by atoms with E-state index in [-0.39, 0.29) is 5.57 Å². The molecule has 0 aliphatic heterocycles. The van der Waals surface area contributed by atoms with Gasteiger partial charge in [0.2, 0.25) is 0 Å². The Morgan fingerprint density at radius 1 is 1.33 bits per heavy atom. The molecule has 0 saturated heterocycles. The first-order valence-electron chi connectivity index (χ1n) is 5.18. The van der Waals surface area contributed by atoms with Crippen LogP contribution in [0.1, 0.15) is 5.56 Å². The van der Waals surface area contributed by atoms with Gasteiger partial charge in [0.05, 0.1) is 7.11 Å². The third kappa shape index (κ3) is 3.40. The lowest BCUT2D eigenvalue weighted by Gasteiger charge is -2.09. The molecule has 0 bridgehead atoms. The quantitative estimate of drug-likeness (QED) is 0.586. The lowest BCUT2D eigenvalue weighted by molar-refractivity contribution is 0.326. The number of benzene rings is 1. The van der Waals surface area contributed by atoms with Crippen LogP contribution in [0.15, 0.2) is 36.4 Å². The molecule has 0 aromatic heterocycles. The van der Waals surface area contributed by atoms with Crippen LogP contribution < -0.4 is 9.47 Å². The first-order chi connectivity index (χ1) is 8.74. The Bertz CT molecular complexity index is 532. The zero-order chi connectivity index (χ0) is 13.4. The van der Waals surface area contributed by atoms with Crippen molar-refractivity contribution in [3.05, 3.63) is 42.0 Å². The van der Waals surface area contributed by atoms with Gasteiger partial charge in [0.15, 0.2) is 11.5 Å². The molecule has 0 heterocycles. The lowest BCUT2D eigenvalue weighted by atomic mass is 10.1. The molecule has 0 amide bonds. The molecule has 4 nitrogen and oxygen atoms in total. The minimum atomic E-state index is 0.0369. The second-order valence-corrected chi connectivity index (χ2v) is 3.29. The summed E-state index contributed by atoms with van der Waals surface area (Å²) in [4.78, 5) is 0. The molecule has 0 fully saturated rings. The van der Waals surface area contributed by atoms with E-state index in [1.807, 2.05) is 0 Å². The molecular formula is C14H12N2O2. The fraction of sp³-hybridized carbons (Fsp3) is 0.143. The monoisotopic (exact) mass is 240 g/mol. The Balaban J connectivity index is 3.11. The number of rotatable bonds is 5. The molecule has 0 unspecified atom stereocenters. The highest BCUT2D eigenvalue weighted by molar-refractivity contribution is 5.64. The summed E-state index contributed by atoms with van der Waals surface area (Å²) in [7, 11) is 1.54. The maximum absolute atomic E-state index is 8.69. The molecule has 1 aromatic carbocycles. The fourth-order valence-electron chi connectivity index (χ4n) is 1.30. The summed E-state index contributed by atoms with van der Waals surface area (Å²) in [5.74, 6) is 1.13. The predicted molar refractivity (Wildman–Crippen MR) is 67.9 cm³/mol. The van der Waals surface area contributed by atoms with Gasteiger partial charge in [0.25, 0.3) is 0 Å². The molecule has 1 rings (SSSR count). The number of hydrogen-bond acceptors (Lipinski definition) is 4. The van der Waals surface area contributed by atoms with E-state index in [1.54, 1.807) is 43.5 Å². The van der Waals surface area contributed by atoms with Crippen molar-refractivity contribution in [2.45, 2.75) is 0 Å². The van der Waals surface area contributed by atoms with Crippen LogP contribution in [0.2, 0.25) is 0 Å². The Morgan fingerprint density at radius 3 is 2.61 bits per heavy atom. The first kappa shape index (κ1) is 13.3. The molecule has 0 aliphatic carbocycles. The van der Waals surface area contributed by atoms with Gasteiger partial charge in [-0.05, 0) is 23.8 Å². The minimum absolute atomic E-state index is 0.0369. The van der Waals surface area contributed by atoms with Crippen molar-refractivity contribution in [3.8, 4) is 23.6 Å². The number of allylic oxidation sites excluding steroid dienone is 1. The van der Waals surface area contributed by atoms with E-state index in [4.69, 9.17) is 20.0 Å².